The van der Waals surface area contributed by atoms with Gasteiger partial charge in [0.15, 0.2) is 11.5 Å². The van der Waals surface area contributed by atoms with Crippen molar-refractivity contribution < 1.29 is 28.8 Å². The van der Waals surface area contributed by atoms with E-state index in [1.54, 1.807) is 18.2 Å². The molecule has 0 radical (unpaired) electrons. The molecule has 1 atom stereocenters. The van der Waals surface area contributed by atoms with Gasteiger partial charge in [-0.05, 0) is 35.9 Å². The summed E-state index contributed by atoms with van der Waals surface area (Å²) in [6.07, 6.45) is 4.50. The predicted molar refractivity (Wildman–Crippen MR) is 146 cm³/mol. The first-order valence-corrected chi connectivity index (χ1v) is 13.1. The number of aromatic nitrogens is 2. The Morgan fingerprint density at radius 1 is 1.03 bits per heavy atom. The number of hydrogen-bond donors (Lipinski definition) is 1. The summed E-state index contributed by atoms with van der Waals surface area (Å²) in [4.78, 5) is 16.5. The number of hydrogen-bond acceptors (Lipinski definition) is 8. The molecule has 0 saturated carbocycles. The van der Waals surface area contributed by atoms with Crippen molar-refractivity contribution in [1.29, 1.82) is 0 Å². The minimum Gasteiger partial charge on any atom is -0.493 e. The second kappa shape index (κ2) is 14.0. The third kappa shape index (κ3) is 8.44. The molecule has 2 aromatic carbocycles. The van der Waals surface area contributed by atoms with E-state index in [0.717, 1.165) is 18.5 Å². The van der Waals surface area contributed by atoms with Gasteiger partial charge in [0.25, 0.3) is 0 Å². The van der Waals surface area contributed by atoms with E-state index in [9.17, 15) is 9.90 Å². The zero-order valence-electron chi connectivity index (χ0n) is 22.7. The highest BCUT2D eigenvalue weighted by atomic mass is 16.5. The molecule has 0 spiro atoms. The maximum absolute atomic E-state index is 12.7. The number of aliphatic hydroxyl groups is 1. The molecule has 10 nitrogen and oxygen atoms in total. The molecule has 210 valence electrons. The van der Waals surface area contributed by atoms with E-state index in [0.29, 0.717) is 50.0 Å². The zero-order valence-corrected chi connectivity index (χ0v) is 22.7. The maximum atomic E-state index is 12.7. The number of aryl methyl sites for hydroxylation is 1. The van der Waals surface area contributed by atoms with Crippen molar-refractivity contribution in [3.63, 3.8) is 0 Å². The van der Waals surface area contributed by atoms with E-state index in [2.05, 4.69) is 10.00 Å². The van der Waals surface area contributed by atoms with Crippen LogP contribution in [0.2, 0.25) is 0 Å². The van der Waals surface area contributed by atoms with Gasteiger partial charge in [-0.2, -0.15) is 5.10 Å². The molecular weight excluding hydrogens is 500 g/mol. The molecule has 1 aromatic heterocycles. The first kappa shape index (κ1) is 28.4. The number of amides is 1. The van der Waals surface area contributed by atoms with Crippen molar-refractivity contribution >= 4 is 5.91 Å². The largest absolute Gasteiger partial charge is 0.493 e. The second-order valence-corrected chi connectivity index (χ2v) is 9.74. The molecule has 4 rings (SSSR count). The van der Waals surface area contributed by atoms with Crippen LogP contribution in [0.3, 0.4) is 0 Å². The van der Waals surface area contributed by atoms with Crippen molar-refractivity contribution in [2.24, 2.45) is 0 Å². The number of methoxy groups -OCH3 is 2. The minimum absolute atomic E-state index is 0.0325. The molecule has 3 aromatic rings. The van der Waals surface area contributed by atoms with Crippen LogP contribution < -0.4 is 14.2 Å². The number of ether oxygens (including phenoxy) is 4. The highest BCUT2D eigenvalue weighted by Crippen LogP contribution is 2.29. The Bertz CT molecular complexity index is 1160. The minimum atomic E-state index is -1.27. The lowest BCUT2D eigenvalue weighted by Gasteiger charge is -2.33. The number of carbonyl (C=O) groups excluding carboxylic acids is 1. The van der Waals surface area contributed by atoms with Crippen LogP contribution in [0.15, 0.2) is 67.0 Å². The molecule has 1 aliphatic heterocycles. The Morgan fingerprint density at radius 3 is 2.62 bits per heavy atom. The zero-order chi connectivity index (χ0) is 27.5. The Kier molecular flexibility index (Phi) is 10.2. The number of nitrogens with zero attached hydrogens (tertiary/aromatic N) is 4. The van der Waals surface area contributed by atoms with Gasteiger partial charge in [-0.1, -0.05) is 24.3 Å². The number of carbonyl (C=O) groups is 1. The molecule has 1 saturated heterocycles. The fraction of sp³-hybridized carbons (Fsp3) is 0.448. The van der Waals surface area contributed by atoms with Gasteiger partial charge in [-0.3, -0.25) is 14.4 Å². The van der Waals surface area contributed by atoms with Crippen LogP contribution in [0.4, 0.5) is 0 Å². The molecular formula is C29H38N4O6. The molecule has 1 fully saturated rings. The van der Waals surface area contributed by atoms with Gasteiger partial charge in [0.05, 0.1) is 20.3 Å². The highest BCUT2D eigenvalue weighted by Gasteiger charge is 2.37. The second-order valence-electron chi connectivity index (χ2n) is 9.74. The van der Waals surface area contributed by atoms with Crippen molar-refractivity contribution in [2.75, 3.05) is 60.2 Å². The normalized spacial score (nSPS) is 18.0. The van der Waals surface area contributed by atoms with E-state index >= 15 is 0 Å². The van der Waals surface area contributed by atoms with E-state index < -0.39 is 5.60 Å². The molecule has 1 aliphatic rings. The van der Waals surface area contributed by atoms with E-state index in [1.165, 1.54) is 7.11 Å². The third-order valence-corrected chi connectivity index (χ3v) is 6.54. The van der Waals surface area contributed by atoms with Gasteiger partial charge in [0, 0.05) is 58.6 Å². The summed E-state index contributed by atoms with van der Waals surface area (Å²) in [6.45, 7) is 3.44. The van der Waals surface area contributed by atoms with Gasteiger partial charge in [0.2, 0.25) is 5.91 Å². The van der Waals surface area contributed by atoms with Crippen molar-refractivity contribution in [3.05, 3.63) is 72.6 Å². The van der Waals surface area contributed by atoms with Gasteiger partial charge in [-0.25, -0.2) is 0 Å². The molecule has 1 amide bonds. The van der Waals surface area contributed by atoms with Crippen LogP contribution in [-0.4, -0.2) is 96.4 Å². The lowest BCUT2D eigenvalue weighted by Crippen LogP contribution is -2.52. The highest BCUT2D eigenvalue weighted by molar-refractivity contribution is 5.77. The van der Waals surface area contributed by atoms with Crippen molar-refractivity contribution in [2.45, 2.75) is 25.1 Å². The van der Waals surface area contributed by atoms with Crippen LogP contribution in [-0.2, 0) is 22.6 Å². The molecule has 2 heterocycles. The van der Waals surface area contributed by atoms with Crippen LogP contribution in [0.25, 0.3) is 0 Å². The summed E-state index contributed by atoms with van der Waals surface area (Å²) >= 11 is 0. The summed E-state index contributed by atoms with van der Waals surface area (Å²) in [5.74, 6) is 1.84. The average molecular weight is 539 g/mol. The Labute approximate surface area is 229 Å². The summed E-state index contributed by atoms with van der Waals surface area (Å²) < 4.78 is 24.5. The molecule has 0 aliphatic carbocycles. The number of benzene rings is 2. The predicted octanol–water partition coefficient (Wildman–Crippen LogP) is 2.46. The smallest absolute Gasteiger partial charge is 0.248 e. The van der Waals surface area contributed by atoms with Crippen LogP contribution in [0, 0.1) is 0 Å². The van der Waals surface area contributed by atoms with E-state index in [1.807, 2.05) is 65.5 Å². The molecule has 10 heteroatoms. The monoisotopic (exact) mass is 538 g/mol. The first-order chi connectivity index (χ1) is 19.0. The Balaban J connectivity index is 1.43. The van der Waals surface area contributed by atoms with Gasteiger partial charge < -0.3 is 29.0 Å². The Morgan fingerprint density at radius 2 is 1.87 bits per heavy atom. The number of rotatable bonds is 13. The SMILES string of the molecule is COCC(=O)N1CCN(Cc2ccc(OC)c(OCCCn3cccn3)c2)C[C@@](O)(COc2ccccc2)C1. The maximum Gasteiger partial charge on any atom is 0.248 e. The lowest BCUT2D eigenvalue weighted by atomic mass is 10.0. The summed E-state index contributed by atoms with van der Waals surface area (Å²) in [5, 5.41) is 15.9. The van der Waals surface area contributed by atoms with Crippen molar-refractivity contribution in [3.8, 4) is 17.2 Å². The molecule has 1 N–H and O–H groups in total. The van der Waals surface area contributed by atoms with Crippen molar-refractivity contribution in [1.82, 2.24) is 19.6 Å². The summed E-state index contributed by atoms with van der Waals surface area (Å²) in [7, 11) is 3.12. The lowest BCUT2D eigenvalue weighted by molar-refractivity contribution is -0.138. The van der Waals surface area contributed by atoms with Crippen LogP contribution in [0.1, 0.15) is 12.0 Å². The molecule has 39 heavy (non-hydrogen) atoms. The standard InChI is InChI=1S/C29H38N4O6/c1-36-20-28(34)32-16-15-31(21-29(35,22-32)23-39-25-8-4-3-5-9-25)19-24-10-11-26(37-2)27(18-24)38-17-7-14-33-13-6-12-30-33/h3-6,8-13,18,35H,7,14-17,19-23H2,1-2H3/t29-/m0/s1. The average Bonchev–Trinajstić information content (AvgIpc) is 3.40. The third-order valence-electron chi connectivity index (χ3n) is 6.54. The number of β-amino-alcohol motifs (C(OH)–C–C–N with tert-alkyl or cyclic N) is 1. The summed E-state index contributed by atoms with van der Waals surface area (Å²) in [6, 6.07) is 17.1. The van der Waals surface area contributed by atoms with E-state index in [4.69, 9.17) is 18.9 Å². The number of para-hydroxylation sites is 1. The fourth-order valence-corrected chi connectivity index (χ4v) is 4.66. The Hall–Kier alpha value is -3.60. The van der Waals surface area contributed by atoms with E-state index in [-0.39, 0.29) is 25.7 Å². The topological polar surface area (TPSA) is 98.5 Å². The quantitative estimate of drug-likeness (QED) is 0.332. The van der Waals surface area contributed by atoms with Gasteiger partial charge >= 0.3 is 0 Å². The van der Waals surface area contributed by atoms with Gasteiger partial charge in [0.1, 0.15) is 24.6 Å². The fourth-order valence-electron chi connectivity index (χ4n) is 4.66. The first-order valence-electron chi connectivity index (χ1n) is 13.1. The van der Waals surface area contributed by atoms with Crippen LogP contribution >= 0.6 is 0 Å². The summed E-state index contributed by atoms with van der Waals surface area (Å²) in [5.41, 5.74) is -0.255. The molecule has 0 unspecified atom stereocenters. The van der Waals surface area contributed by atoms with Crippen LogP contribution in [0.5, 0.6) is 17.2 Å². The van der Waals surface area contributed by atoms with Gasteiger partial charge in [-0.15, -0.1) is 0 Å². The molecule has 0 bridgehead atoms.